The van der Waals surface area contributed by atoms with Gasteiger partial charge in [0, 0.05) is 11.6 Å². The summed E-state index contributed by atoms with van der Waals surface area (Å²) in [6, 6.07) is 9.61. The zero-order valence-electron chi connectivity index (χ0n) is 10.8. The van der Waals surface area contributed by atoms with Crippen molar-refractivity contribution in [3.05, 3.63) is 49.2 Å². The van der Waals surface area contributed by atoms with Crippen LogP contribution in [0.5, 0.6) is 0 Å². The Labute approximate surface area is 116 Å². The Morgan fingerprint density at radius 2 is 2.20 bits per heavy atom. The van der Waals surface area contributed by atoms with Crippen molar-refractivity contribution < 1.29 is 14.6 Å². The van der Waals surface area contributed by atoms with E-state index in [-0.39, 0.29) is 13.2 Å². The van der Waals surface area contributed by atoms with Crippen LogP contribution in [0.1, 0.15) is 0 Å². The van der Waals surface area contributed by atoms with E-state index in [4.69, 9.17) is 4.74 Å². The Kier molecular flexibility index (Phi) is 4.62. The van der Waals surface area contributed by atoms with Crippen LogP contribution in [0, 0.1) is 0 Å². The van der Waals surface area contributed by atoms with Crippen molar-refractivity contribution in [3.8, 4) is 11.3 Å². The monoisotopic (exact) mass is 273 g/mol. The Bertz CT molecular complexity index is 580. The second-order valence-electron chi connectivity index (χ2n) is 4.18. The average Bonchev–Trinajstić information content (AvgIpc) is 2.94. The van der Waals surface area contributed by atoms with Gasteiger partial charge >= 0.3 is 5.97 Å². The largest absolute Gasteiger partial charge is 0.460 e. The van der Waals surface area contributed by atoms with Gasteiger partial charge in [-0.15, -0.1) is 5.10 Å². The molecule has 0 fully saturated rings. The first-order valence-electron chi connectivity index (χ1n) is 6.12. The van der Waals surface area contributed by atoms with E-state index in [9.17, 15) is 9.90 Å². The molecule has 2 rings (SSSR count). The molecule has 0 aliphatic rings. The Hall–Kier alpha value is -2.47. The summed E-state index contributed by atoms with van der Waals surface area (Å²) in [5, 5.41) is 17.7. The van der Waals surface area contributed by atoms with E-state index in [1.54, 1.807) is 6.20 Å². The number of aromatic nitrogens is 3. The predicted octanol–water partition coefficient (Wildman–Crippen LogP) is 1.04. The first kappa shape index (κ1) is 14.0. The van der Waals surface area contributed by atoms with Gasteiger partial charge < -0.3 is 9.84 Å². The van der Waals surface area contributed by atoms with Crippen LogP contribution in [0.15, 0.2) is 49.2 Å². The van der Waals surface area contributed by atoms with Crippen LogP contribution < -0.4 is 0 Å². The number of carbonyl (C=O) groups is 1. The van der Waals surface area contributed by atoms with Crippen LogP contribution in [0.4, 0.5) is 0 Å². The first-order valence-corrected chi connectivity index (χ1v) is 6.12. The zero-order chi connectivity index (χ0) is 14.4. The molecular formula is C14H15N3O3. The molecule has 0 radical (unpaired) electrons. The maximum Gasteiger partial charge on any atom is 0.330 e. The van der Waals surface area contributed by atoms with E-state index in [1.807, 2.05) is 30.3 Å². The molecule has 6 heteroatoms. The molecule has 0 amide bonds. The quantitative estimate of drug-likeness (QED) is 0.628. The third kappa shape index (κ3) is 3.76. The smallest absolute Gasteiger partial charge is 0.330 e. The number of rotatable bonds is 6. The van der Waals surface area contributed by atoms with E-state index in [1.165, 1.54) is 4.68 Å². The topological polar surface area (TPSA) is 77.2 Å². The van der Waals surface area contributed by atoms with Crippen LogP contribution in [-0.4, -0.2) is 38.8 Å². The number of hydrogen-bond donors (Lipinski definition) is 1. The summed E-state index contributed by atoms with van der Waals surface area (Å²) in [7, 11) is 0. The number of hydrogen-bond acceptors (Lipinski definition) is 5. The van der Waals surface area contributed by atoms with E-state index >= 15 is 0 Å². The van der Waals surface area contributed by atoms with Crippen molar-refractivity contribution >= 4 is 5.97 Å². The molecule has 1 unspecified atom stereocenters. The van der Waals surface area contributed by atoms with Crippen LogP contribution in [0.3, 0.4) is 0 Å². The van der Waals surface area contributed by atoms with Crippen molar-refractivity contribution in [1.82, 2.24) is 15.0 Å². The fourth-order valence-electron chi connectivity index (χ4n) is 1.63. The number of ether oxygens (including phenoxy) is 1. The molecule has 1 N–H and O–H groups in total. The predicted molar refractivity (Wildman–Crippen MR) is 72.6 cm³/mol. The normalized spacial score (nSPS) is 11.8. The molecule has 1 heterocycles. The van der Waals surface area contributed by atoms with Crippen LogP contribution in [0.25, 0.3) is 11.3 Å². The van der Waals surface area contributed by atoms with Gasteiger partial charge in [-0.1, -0.05) is 42.1 Å². The van der Waals surface area contributed by atoms with Gasteiger partial charge in [0.15, 0.2) is 0 Å². The number of carbonyl (C=O) groups excluding carboxylic acids is 1. The lowest BCUT2D eigenvalue weighted by Gasteiger charge is -2.09. The number of esters is 1. The van der Waals surface area contributed by atoms with E-state index in [2.05, 4.69) is 16.9 Å². The highest BCUT2D eigenvalue weighted by Crippen LogP contribution is 2.14. The molecule has 0 aliphatic carbocycles. The summed E-state index contributed by atoms with van der Waals surface area (Å²) in [6.45, 7) is 3.37. The van der Waals surface area contributed by atoms with Crippen molar-refractivity contribution in [2.45, 2.75) is 12.6 Å². The van der Waals surface area contributed by atoms with Crippen LogP contribution in [0.2, 0.25) is 0 Å². The van der Waals surface area contributed by atoms with Gasteiger partial charge in [-0.05, 0) is 0 Å². The van der Waals surface area contributed by atoms with E-state index < -0.39 is 12.1 Å². The van der Waals surface area contributed by atoms with Gasteiger partial charge in [-0.25, -0.2) is 9.48 Å². The third-order valence-electron chi connectivity index (χ3n) is 2.59. The minimum atomic E-state index is -0.843. The number of aliphatic hydroxyl groups is 1. The van der Waals surface area contributed by atoms with Crippen molar-refractivity contribution in [1.29, 1.82) is 0 Å². The Balaban J connectivity index is 1.93. The van der Waals surface area contributed by atoms with Gasteiger partial charge in [0.1, 0.15) is 18.4 Å². The standard InChI is InChI=1S/C14H15N3O3/c1-2-14(19)20-10-12(18)8-17-9-13(15-16-17)11-6-4-3-5-7-11/h2-7,9,12,18H,1,8,10H2. The molecule has 1 aromatic carbocycles. The highest BCUT2D eigenvalue weighted by atomic mass is 16.5. The zero-order valence-corrected chi connectivity index (χ0v) is 10.8. The molecule has 20 heavy (non-hydrogen) atoms. The first-order chi connectivity index (χ1) is 9.69. The third-order valence-corrected chi connectivity index (χ3v) is 2.59. The Morgan fingerprint density at radius 1 is 1.45 bits per heavy atom. The Morgan fingerprint density at radius 3 is 2.90 bits per heavy atom. The molecule has 0 saturated carbocycles. The van der Waals surface area contributed by atoms with Crippen molar-refractivity contribution in [3.63, 3.8) is 0 Å². The lowest BCUT2D eigenvalue weighted by Crippen LogP contribution is -2.23. The number of nitrogens with zero attached hydrogens (tertiary/aromatic N) is 3. The summed E-state index contributed by atoms with van der Waals surface area (Å²) in [5.74, 6) is -0.562. The molecule has 0 saturated heterocycles. The highest BCUT2D eigenvalue weighted by Gasteiger charge is 2.10. The number of benzene rings is 1. The molecule has 2 aromatic rings. The molecular weight excluding hydrogens is 258 g/mol. The summed E-state index contributed by atoms with van der Waals surface area (Å²) < 4.78 is 6.26. The second-order valence-corrected chi connectivity index (χ2v) is 4.18. The summed E-state index contributed by atoms with van der Waals surface area (Å²) in [4.78, 5) is 10.9. The lowest BCUT2D eigenvalue weighted by molar-refractivity contribution is -0.140. The van der Waals surface area contributed by atoms with Gasteiger partial charge in [0.2, 0.25) is 0 Å². The van der Waals surface area contributed by atoms with Crippen molar-refractivity contribution in [2.75, 3.05) is 6.61 Å². The van der Waals surface area contributed by atoms with Crippen LogP contribution >= 0.6 is 0 Å². The molecule has 6 nitrogen and oxygen atoms in total. The minimum absolute atomic E-state index is 0.106. The summed E-state index contributed by atoms with van der Waals surface area (Å²) in [5.41, 5.74) is 1.67. The van der Waals surface area contributed by atoms with E-state index in [0.29, 0.717) is 0 Å². The molecule has 104 valence electrons. The summed E-state index contributed by atoms with van der Waals surface area (Å²) in [6.07, 6.45) is 1.94. The highest BCUT2D eigenvalue weighted by molar-refractivity contribution is 5.81. The van der Waals surface area contributed by atoms with Gasteiger partial charge in [0.25, 0.3) is 0 Å². The lowest BCUT2D eigenvalue weighted by atomic mass is 10.2. The maximum atomic E-state index is 10.9. The SMILES string of the molecule is C=CC(=O)OCC(O)Cn1cc(-c2ccccc2)nn1. The van der Waals surface area contributed by atoms with Crippen LogP contribution in [-0.2, 0) is 16.1 Å². The molecule has 0 bridgehead atoms. The fourth-order valence-corrected chi connectivity index (χ4v) is 1.63. The second kappa shape index (κ2) is 6.63. The maximum absolute atomic E-state index is 10.9. The molecule has 1 atom stereocenters. The minimum Gasteiger partial charge on any atom is -0.460 e. The van der Waals surface area contributed by atoms with Gasteiger partial charge in [0.05, 0.1) is 12.7 Å². The van der Waals surface area contributed by atoms with Gasteiger partial charge in [-0.2, -0.15) is 0 Å². The van der Waals surface area contributed by atoms with Crippen molar-refractivity contribution in [2.24, 2.45) is 0 Å². The molecule has 0 aliphatic heterocycles. The average molecular weight is 273 g/mol. The molecule has 0 spiro atoms. The van der Waals surface area contributed by atoms with Gasteiger partial charge in [-0.3, -0.25) is 0 Å². The number of aliphatic hydroxyl groups excluding tert-OH is 1. The summed E-state index contributed by atoms with van der Waals surface area (Å²) >= 11 is 0. The fraction of sp³-hybridized carbons (Fsp3) is 0.214. The molecule has 1 aromatic heterocycles. The van der Waals surface area contributed by atoms with E-state index in [0.717, 1.165) is 17.3 Å².